The van der Waals surface area contributed by atoms with Gasteiger partial charge in [0.2, 0.25) is 0 Å². The van der Waals surface area contributed by atoms with Gasteiger partial charge in [0.05, 0.1) is 5.52 Å². The van der Waals surface area contributed by atoms with E-state index >= 15 is 0 Å². The van der Waals surface area contributed by atoms with Crippen LogP contribution < -0.4 is 11.3 Å². The second-order valence-corrected chi connectivity index (χ2v) is 4.77. The predicted octanol–water partition coefficient (Wildman–Crippen LogP) is 1.45. The monoisotopic (exact) mass is 271 g/mol. The Morgan fingerprint density at radius 3 is 2.89 bits per heavy atom. The van der Waals surface area contributed by atoms with Gasteiger partial charge in [-0.2, -0.15) is 0 Å². The van der Waals surface area contributed by atoms with Gasteiger partial charge in [-0.15, -0.1) is 0 Å². The van der Waals surface area contributed by atoms with E-state index in [0.717, 1.165) is 10.9 Å². The number of H-pyrrole nitrogens is 1. The first-order valence-electron chi connectivity index (χ1n) is 5.46. The number of nitrogens with zero attached hydrogens (tertiary/aromatic N) is 3. The molecule has 1 aromatic carbocycles. The molecule has 0 aliphatic rings. The van der Waals surface area contributed by atoms with E-state index in [9.17, 15) is 4.79 Å². The highest BCUT2D eigenvalue weighted by atomic mass is 32.2. The summed E-state index contributed by atoms with van der Waals surface area (Å²) in [6.07, 6.45) is 2.93. The van der Waals surface area contributed by atoms with Crippen LogP contribution in [0.3, 0.4) is 0 Å². The largest absolute Gasteiger partial charge is 0.399 e. The van der Waals surface area contributed by atoms with Crippen LogP contribution in [0.4, 0.5) is 5.69 Å². The predicted molar refractivity (Wildman–Crippen MR) is 72.9 cm³/mol. The molecule has 3 aromatic rings. The molecule has 0 amide bonds. The lowest BCUT2D eigenvalue weighted by molar-refractivity contribution is 0.932. The lowest BCUT2D eigenvalue weighted by Gasteiger charge is -2.04. The van der Waals surface area contributed by atoms with Gasteiger partial charge in [-0.25, -0.2) is 15.0 Å². The minimum atomic E-state index is -0.199. The summed E-state index contributed by atoms with van der Waals surface area (Å²) in [5.74, 6) is 0. The van der Waals surface area contributed by atoms with Crippen LogP contribution in [-0.2, 0) is 0 Å². The summed E-state index contributed by atoms with van der Waals surface area (Å²) in [4.78, 5) is 26.3. The Labute approximate surface area is 112 Å². The Balaban J connectivity index is 2.10. The van der Waals surface area contributed by atoms with Crippen molar-refractivity contribution in [3.8, 4) is 0 Å². The summed E-state index contributed by atoms with van der Waals surface area (Å²) < 4.78 is 0. The van der Waals surface area contributed by atoms with E-state index in [-0.39, 0.29) is 5.56 Å². The molecule has 2 aromatic heterocycles. The van der Waals surface area contributed by atoms with E-state index in [4.69, 9.17) is 5.73 Å². The number of anilines is 1. The number of aromatic nitrogens is 4. The van der Waals surface area contributed by atoms with Crippen molar-refractivity contribution in [3.63, 3.8) is 0 Å². The molecule has 0 saturated heterocycles. The molecular formula is C12H9N5OS. The summed E-state index contributed by atoms with van der Waals surface area (Å²) in [6, 6.07) is 6.78. The third kappa shape index (κ3) is 2.41. The maximum Gasteiger partial charge on any atom is 0.251 e. The number of benzene rings is 1. The zero-order valence-corrected chi connectivity index (χ0v) is 10.5. The highest BCUT2D eigenvalue weighted by Gasteiger charge is 2.07. The third-order valence-electron chi connectivity index (χ3n) is 2.46. The fraction of sp³-hybridized carbons (Fsp3) is 0. The first kappa shape index (κ1) is 11.7. The Hall–Kier alpha value is -2.41. The van der Waals surface area contributed by atoms with Crippen LogP contribution in [0, 0.1) is 0 Å². The van der Waals surface area contributed by atoms with Crippen molar-refractivity contribution in [2.45, 2.75) is 10.2 Å². The Morgan fingerprint density at radius 2 is 2.05 bits per heavy atom. The number of aromatic amines is 1. The number of nitrogens with two attached hydrogens (primary N) is 1. The van der Waals surface area contributed by atoms with Crippen molar-refractivity contribution in [1.82, 2.24) is 19.9 Å². The number of nitrogens with one attached hydrogen (secondary N) is 1. The van der Waals surface area contributed by atoms with E-state index in [1.807, 2.05) is 6.07 Å². The fourth-order valence-electron chi connectivity index (χ4n) is 1.63. The molecule has 0 radical (unpaired) electrons. The molecule has 0 fully saturated rings. The van der Waals surface area contributed by atoms with Gasteiger partial charge in [0, 0.05) is 23.3 Å². The Kier molecular flexibility index (Phi) is 2.88. The first-order valence-corrected chi connectivity index (χ1v) is 6.27. The number of hydrogen-bond donors (Lipinski definition) is 2. The van der Waals surface area contributed by atoms with Gasteiger partial charge in [-0.1, -0.05) is 0 Å². The summed E-state index contributed by atoms with van der Waals surface area (Å²) >= 11 is 1.27. The number of hydrogen-bond acceptors (Lipinski definition) is 6. The molecule has 0 atom stereocenters. The molecule has 0 unspecified atom stereocenters. The molecule has 3 rings (SSSR count). The van der Waals surface area contributed by atoms with E-state index in [1.165, 1.54) is 30.4 Å². The quantitative estimate of drug-likeness (QED) is 0.416. The minimum absolute atomic E-state index is 0.199. The zero-order chi connectivity index (χ0) is 13.2. The maximum absolute atomic E-state index is 11.2. The second-order valence-electron chi connectivity index (χ2n) is 3.80. The molecule has 94 valence electrons. The fourth-order valence-corrected chi connectivity index (χ4v) is 2.45. The zero-order valence-electron chi connectivity index (χ0n) is 9.70. The highest BCUT2D eigenvalue weighted by molar-refractivity contribution is 7.99. The van der Waals surface area contributed by atoms with Gasteiger partial charge < -0.3 is 10.7 Å². The van der Waals surface area contributed by atoms with Crippen molar-refractivity contribution >= 4 is 28.4 Å². The van der Waals surface area contributed by atoms with Gasteiger partial charge in [-0.05, 0) is 30.0 Å². The van der Waals surface area contributed by atoms with Crippen molar-refractivity contribution in [3.05, 3.63) is 47.1 Å². The summed E-state index contributed by atoms with van der Waals surface area (Å²) in [5, 5.41) is 2.01. The molecule has 0 bridgehead atoms. The molecule has 0 aliphatic heterocycles. The molecule has 0 spiro atoms. The van der Waals surface area contributed by atoms with Crippen LogP contribution in [-0.4, -0.2) is 19.9 Å². The lowest BCUT2D eigenvalue weighted by Crippen LogP contribution is -2.05. The number of fused-ring (bicyclic) bond motifs is 1. The van der Waals surface area contributed by atoms with E-state index in [0.29, 0.717) is 15.9 Å². The van der Waals surface area contributed by atoms with Crippen LogP contribution in [0.5, 0.6) is 0 Å². The topological polar surface area (TPSA) is 97.5 Å². The summed E-state index contributed by atoms with van der Waals surface area (Å²) in [7, 11) is 0. The van der Waals surface area contributed by atoms with E-state index in [2.05, 4.69) is 19.9 Å². The Bertz CT molecular complexity index is 801. The average Bonchev–Trinajstić information content (AvgIpc) is 2.39. The molecule has 0 aliphatic carbocycles. The summed E-state index contributed by atoms with van der Waals surface area (Å²) in [6.45, 7) is 0. The third-order valence-corrected chi connectivity index (χ3v) is 3.38. The smallest absolute Gasteiger partial charge is 0.251 e. The van der Waals surface area contributed by atoms with Gasteiger partial charge in [0.25, 0.3) is 5.56 Å². The van der Waals surface area contributed by atoms with Crippen LogP contribution in [0.2, 0.25) is 0 Å². The standard InChI is InChI=1S/C12H9N5OS/c13-7-1-2-9-8(5-7)11(16-6-15-9)19-12-14-4-3-10(18)17-12/h1-6H,13H2,(H,14,17,18). The molecule has 0 saturated carbocycles. The number of nitrogen functional groups attached to an aromatic ring is 1. The van der Waals surface area contributed by atoms with Crippen molar-refractivity contribution in [2.75, 3.05) is 5.73 Å². The SMILES string of the molecule is Nc1ccc2ncnc(Sc3nccc(=O)[nH]3)c2c1. The average molecular weight is 271 g/mol. The molecular weight excluding hydrogens is 262 g/mol. The van der Waals surface area contributed by atoms with Crippen molar-refractivity contribution in [2.24, 2.45) is 0 Å². The maximum atomic E-state index is 11.2. The minimum Gasteiger partial charge on any atom is -0.399 e. The molecule has 6 nitrogen and oxygen atoms in total. The molecule has 19 heavy (non-hydrogen) atoms. The van der Waals surface area contributed by atoms with Crippen LogP contribution in [0.25, 0.3) is 10.9 Å². The summed E-state index contributed by atoms with van der Waals surface area (Å²) in [5.41, 5.74) is 7.01. The van der Waals surface area contributed by atoms with Crippen LogP contribution in [0.1, 0.15) is 0 Å². The van der Waals surface area contributed by atoms with Crippen molar-refractivity contribution < 1.29 is 0 Å². The van der Waals surface area contributed by atoms with Gasteiger partial charge in [0.15, 0.2) is 5.16 Å². The van der Waals surface area contributed by atoms with Crippen LogP contribution >= 0.6 is 11.8 Å². The highest BCUT2D eigenvalue weighted by Crippen LogP contribution is 2.29. The van der Waals surface area contributed by atoms with E-state index in [1.54, 1.807) is 12.1 Å². The first-order chi connectivity index (χ1) is 9.22. The van der Waals surface area contributed by atoms with Gasteiger partial charge in [-0.3, -0.25) is 4.79 Å². The lowest BCUT2D eigenvalue weighted by atomic mass is 10.2. The molecule has 2 heterocycles. The Morgan fingerprint density at radius 1 is 1.16 bits per heavy atom. The van der Waals surface area contributed by atoms with Crippen molar-refractivity contribution in [1.29, 1.82) is 0 Å². The molecule has 3 N–H and O–H groups in total. The van der Waals surface area contributed by atoms with E-state index < -0.39 is 0 Å². The van der Waals surface area contributed by atoms with Gasteiger partial charge >= 0.3 is 0 Å². The number of rotatable bonds is 2. The normalized spacial score (nSPS) is 10.7. The van der Waals surface area contributed by atoms with Gasteiger partial charge in [0.1, 0.15) is 11.4 Å². The molecule has 7 heteroatoms. The second kappa shape index (κ2) is 4.69. The van der Waals surface area contributed by atoms with Crippen LogP contribution in [0.15, 0.2) is 51.8 Å².